The summed E-state index contributed by atoms with van der Waals surface area (Å²) in [4.78, 5) is 8.68. The highest BCUT2D eigenvalue weighted by molar-refractivity contribution is 5.14. The van der Waals surface area contributed by atoms with Crippen molar-refractivity contribution in [3.63, 3.8) is 0 Å². The average Bonchev–Trinajstić information content (AvgIpc) is 2.67. The molecule has 15 heavy (non-hydrogen) atoms. The van der Waals surface area contributed by atoms with E-state index in [2.05, 4.69) is 23.8 Å². The lowest BCUT2D eigenvalue weighted by Crippen LogP contribution is -2.39. The van der Waals surface area contributed by atoms with E-state index >= 15 is 0 Å². The minimum Gasteiger partial charge on any atom is -0.379 e. The molecule has 1 aliphatic heterocycles. The van der Waals surface area contributed by atoms with E-state index in [1.807, 2.05) is 12.4 Å². The van der Waals surface area contributed by atoms with E-state index in [1.54, 1.807) is 0 Å². The Kier molecular flexibility index (Phi) is 2.71. The molecule has 0 spiro atoms. The molecular formula is C11H17N3O. The van der Waals surface area contributed by atoms with Gasteiger partial charge in [0.1, 0.15) is 11.4 Å². The molecule has 1 saturated heterocycles. The number of aromatic nitrogens is 2. The Morgan fingerprint density at radius 3 is 2.53 bits per heavy atom. The maximum atomic E-state index is 6.16. The summed E-state index contributed by atoms with van der Waals surface area (Å²) in [5.41, 5.74) is 6.82. The third-order valence-corrected chi connectivity index (χ3v) is 2.84. The van der Waals surface area contributed by atoms with Crippen LogP contribution in [-0.2, 0) is 10.3 Å². The van der Waals surface area contributed by atoms with Crippen LogP contribution in [0.15, 0.2) is 12.4 Å². The molecule has 4 nitrogen and oxygen atoms in total. The van der Waals surface area contributed by atoms with Crippen LogP contribution in [0, 0.1) is 0 Å². The van der Waals surface area contributed by atoms with Crippen LogP contribution in [0.2, 0.25) is 0 Å². The van der Waals surface area contributed by atoms with Gasteiger partial charge in [-0.05, 0) is 17.9 Å². The molecule has 1 unspecified atom stereocenters. The van der Waals surface area contributed by atoms with E-state index in [0.717, 1.165) is 12.0 Å². The summed E-state index contributed by atoms with van der Waals surface area (Å²) in [6, 6.07) is 0. The van der Waals surface area contributed by atoms with Crippen molar-refractivity contribution >= 4 is 0 Å². The summed E-state index contributed by atoms with van der Waals surface area (Å²) < 4.78 is 5.29. The minimum absolute atomic E-state index is 0.451. The van der Waals surface area contributed by atoms with Crippen molar-refractivity contribution in [1.82, 2.24) is 9.97 Å². The van der Waals surface area contributed by atoms with Crippen LogP contribution in [0.5, 0.6) is 0 Å². The van der Waals surface area contributed by atoms with Crippen molar-refractivity contribution in [2.75, 3.05) is 13.2 Å². The second kappa shape index (κ2) is 3.87. The standard InChI is InChI=1S/C11H17N3O/c1-8(2)9-5-13-10(14-6-9)11(12)3-4-15-7-11/h5-6,8H,3-4,7,12H2,1-2H3. The lowest BCUT2D eigenvalue weighted by Gasteiger charge is -2.19. The Hall–Kier alpha value is -1.00. The molecule has 1 aromatic rings. The molecule has 1 fully saturated rings. The van der Waals surface area contributed by atoms with Gasteiger partial charge in [-0.2, -0.15) is 0 Å². The van der Waals surface area contributed by atoms with E-state index in [4.69, 9.17) is 10.5 Å². The molecule has 2 N–H and O–H groups in total. The van der Waals surface area contributed by atoms with Crippen LogP contribution < -0.4 is 5.73 Å². The highest BCUT2D eigenvalue weighted by Crippen LogP contribution is 2.25. The Balaban J connectivity index is 2.23. The van der Waals surface area contributed by atoms with E-state index in [1.165, 1.54) is 0 Å². The zero-order valence-corrected chi connectivity index (χ0v) is 9.23. The van der Waals surface area contributed by atoms with Gasteiger partial charge in [0.2, 0.25) is 0 Å². The molecule has 1 atom stereocenters. The molecule has 2 rings (SSSR count). The lowest BCUT2D eigenvalue weighted by molar-refractivity contribution is 0.176. The summed E-state index contributed by atoms with van der Waals surface area (Å²) in [6.07, 6.45) is 4.52. The molecule has 0 saturated carbocycles. The van der Waals surface area contributed by atoms with Gasteiger partial charge >= 0.3 is 0 Å². The van der Waals surface area contributed by atoms with Crippen LogP contribution in [-0.4, -0.2) is 23.2 Å². The van der Waals surface area contributed by atoms with Crippen molar-refractivity contribution in [2.24, 2.45) is 5.73 Å². The number of ether oxygens (including phenoxy) is 1. The Labute approximate surface area is 89.9 Å². The van der Waals surface area contributed by atoms with Gasteiger partial charge in [-0.15, -0.1) is 0 Å². The zero-order valence-electron chi connectivity index (χ0n) is 9.23. The van der Waals surface area contributed by atoms with Crippen LogP contribution in [0.1, 0.15) is 37.6 Å². The zero-order chi connectivity index (χ0) is 10.9. The molecule has 1 aromatic heterocycles. The maximum Gasteiger partial charge on any atom is 0.150 e. The normalized spacial score (nSPS) is 26.1. The van der Waals surface area contributed by atoms with Crippen molar-refractivity contribution < 1.29 is 4.74 Å². The fourth-order valence-electron chi connectivity index (χ4n) is 1.65. The monoisotopic (exact) mass is 207 g/mol. The third kappa shape index (κ3) is 2.01. The van der Waals surface area contributed by atoms with Gasteiger partial charge in [-0.1, -0.05) is 13.8 Å². The van der Waals surface area contributed by atoms with Gasteiger partial charge in [0, 0.05) is 19.0 Å². The molecule has 4 heteroatoms. The summed E-state index contributed by atoms with van der Waals surface area (Å²) in [5.74, 6) is 1.15. The second-order valence-corrected chi connectivity index (χ2v) is 4.45. The summed E-state index contributed by atoms with van der Waals surface area (Å²) in [7, 11) is 0. The fourth-order valence-corrected chi connectivity index (χ4v) is 1.65. The predicted molar refractivity (Wildman–Crippen MR) is 57.4 cm³/mol. The fraction of sp³-hybridized carbons (Fsp3) is 0.636. The van der Waals surface area contributed by atoms with Crippen LogP contribution >= 0.6 is 0 Å². The van der Waals surface area contributed by atoms with Gasteiger partial charge in [0.15, 0.2) is 0 Å². The van der Waals surface area contributed by atoms with Crippen molar-refractivity contribution in [2.45, 2.75) is 31.7 Å². The summed E-state index contributed by atoms with van der Waals surface area (Å²) >= 11 is 0. The number of rotatable bonds is 2. The highest BCUT2D eigenvalue weighted by Gasteiger charge is 2.35. The van der Waals surface area contributed by atoms with Crippen LogP contribution in [0.3, 0.4) is 0 Å². The molecule has 0 amide bonds. The van der Waals surface area contributed by atoms with E-state index < -0.39 is 5.54 Å². The van der Waals surface area contributed by atoms with Gasteiger partial charge < -0.3 is 10.5 Å². The third-order valence-electron chi connectivity index (χ3n) is 2.84. The summed E-state index contributed by atoms with van der Waals surface area (Å²) in [5, 5.41) is 0. The van der Waals surface area contributed by atoms with Crippen molar-refractivity contribution in [3.05, 3.63) is 23.8 Å². The average molecular weight is 207 g/mol. The van der Waals surface area contributed by atoms with Gasteiger partial charge in [-0.3, -0.25) is 0 Å². The smallest absolute Gasteiger partial charge is 0.150 e. The molecular weight excluding hydrogens is 190 g/mol. The molecule has 2 heterocycles. The molecule has 0 radical (unpaired) electrons. The quantitative estimate of drug-likeness (QED) is 0.791. The van der Waals surface area contributed by atoms with E-state index in [-0.39, 0.29) is 0 Å². The molecule has 1 aliphatic rings. The number of nitrogens with zero attached hydrogens (tertiary/aromatic N) is 2. The first-order valence-corrected chi connectivity index (χ1v) is 5.31. The van der Waals surface area contributed by atoms with Crippen molar-refractivity contribution in [3.8, 4) is 0 Å². The molecule has 0 aromatic carbocycles. The largest absolute Gasteiger partial charge is 0.379 e. The first-order valence-electron chi connectivity index (χ1n) is 5.31. The SMILES string of the molecule is CC(C)c1cnc(C2(N)CCOC2)nc1. The van der Waals surface area contributed by atoms with E-state index in [0.29, 0.717) is 25.0 Å². The van der Waals surface area contributed by atoms with E-state index in [9.17, 15) is 0 Å². The first-order chi connectivity index (χ1) is 7.12. The minimum atomic E-state index is -0.477. The molecule has 82 valence electrons. The molecule has 0 aliphatic carbocycles. The van der Waals surface area contributed by atoms with Crippen LogP contribution in [0.25, 0.3) is 0 Å². The Morgan fingerprint density at radius 2 is 2.07 bits per heavy atom. The van der Waals surface area contributed by atoms with Gasteiger partial charge in [0.05, 0.1) is 6.61 Å². The number of hydrogen-bond donors (Lipinski definition) is 1. The Bertz CT molecular complexity index is 328. The second-order valence-electron chi connectivity index (χ2n) is 4.45. The molecule has 0 bridgehead atoms. The van der Waals surface area contributed by atoms with Gasteiger partial charge in [0.25, 0.3) is 0 Å². The maximum absolute atomic E-state index is 6.16. The highest BCUT2D eigenvalue weighted by atomic mass is 16.5. The predicted octanol–water partition coefficient (Wildman–Crippen LogP) is 1.17. The number of hydrogen-bond acceptors (Lipinski definition) is 4. The van der Waals surface area contributed by atoms with Crippen molar-refractivity contribution in [1.29, 1.82) is 0 Å². The van der Waals surface area contributed by atoms with Gasteiger partial charge in [-0.25, -0.2) is 9.97 Å². The lowest BCUT2D eigenvalue weighted by atomic mass is 9.99. The summed E-state index contributed by atoms with van der Waals surface area (Å²) in [6.45, 7) is 5.46. The number of nitrogens with two attached hydrogens (primary N) is 1. The Morgan fingerprint density at radius 1 is 1.40 bits per heavy atom. The van der Waals surface area contributed by atoms with Crippen LogP contribution in [0.4, 0.5) is 0 Å². The topological polar surface area (TPSA) is 61.0 Å². The first kappa shape index (κ1) is 10.5.